The van der Waals surface area contributed by atoms with Gasteiger partial charge in [0.25, 0.3) is 5.89 Å². The molecule has 1 N–H and O–H groups in total. The van der Waals surface area contributed by atoms with Gasteiger partial charge in [-0.25, -0.2) is 0 Å². The molecule has 4 rings (SSSR count). The zero-order valence-electron chi connectivity index (χ0n) is 20.6. The maximum atomic E-state index is 9.40. The lowest BCUT2D eigenvalue weighted by atomic mass is 10.0. The van der Waals surface area contributed by atoms with E-state index in [1.54, 1.807) is 24.1 Å². The molecule has 34 heavy (non-hydrogen) atoms. The summed E-state index contributed by atoms with van der Waals surface area (Å²) in [5, 5.41) is 13.6. The molecule has 0 saturated carbocycles. The van der Waals surface area contributed by atoms with Gasteiger partial charge in [0.15, 0.2) is 0 Å². The third-order valence-electron chi connectivity index (χ3n) is 5.31. The SMILES string of the molecule is CC(C)Oc1ccc(-c2nc(-c3cccc4c3CCC4)no2)cc1C#N.CNSCCN(C)C. The second-order valence-corrected chi connectivity index (χ2v) is 9.67. The minimum atomic E-state index is 0.00290. The highest BCUT2D eigenvalue weighted by atomic mass is 32.2. The third-order valence-corrected chi connectivity index (χ3v) is 5.98. The maximum Gasteiger partial charge on any atom is 0.258 e. The lowest BCUT2D eigenvalue weighted by molar-refractivity contribution is 0.241. The van der Waals surface area contributed by atoms with Crippen molar-refractivity contribution in [3.63, 3.8) is 0 Å². The molecule has 3 aromatic rings. The van der Waals surface area contributed by atoms with E-state index in [0.717, 1.165) is 30.7 Å². The molecule has 0 unspecified atom stereocenters. The molecule has 1 aliphatic rings. The van der Waals surface area contributed by atoms with Gasteiger partial charge in [0.05, 0.1) is 11.7 Å². The Morgan fingerprint density at radius 2 is 2.06 bits per heavy atom. The largest absolute Gasteiger partial charge is 0.490 e. The molecule has 2 aromatic carbocycles. The van der Waals surface area contributed by atoms with E-state index in [1.165, 1.54) is 17.5 Å². The first-order valence-electron chi connectivity index (χ1n) is 11.5. The smallest absolute Gasteiger partial charge is 0.258 e. The van der Waals surface area contributed by atoms with Crippen LogP contribution in [0.25, 0.3) is 22.8 Å². The fourth-order valence-electron chi connectivity index (χ4n) is 3.72. The maximum absolute atomic E-state index is 9.40. The molecular formula is C26H33N5O2S. The number of hydrogen-bond donors (Lipinski definition) is 1. The molecule has 0 aliphatic heterocycles. The fraction of sp³-hybridized carbons (Fsp3) is 0.423. The van der Waals surface area contributed by atoms with Crippen LogP contribution in [-0.4, -0.2) is 54.6 Å². The highest BCUT2D eigenvalue weighted by Crippen LogP contribution is 2.32. The van der Waals surface area contributed by atoms with E-state index in [2.05, 4.69) is 46.0 Å². The Morgan fingerprint density at radius 1 is 1.24 bits per heavy atom. The number of fused-ring (bicyclic) bond motifs is 1. The van der Waals surface area contributed by atoms with Crippen molar-refractivity contribution in [3.8, 4) is 34.7 Å². The highest BCUT2D eigenvalue weighted by Gasteiger charge is 2.20. The second-order valence-electron chi connectivity index (χ2n) is 8.57. The Hall–Kier alpha value is -2.86. The van der Waals surface area contributed by atoms with Crippen LogP contribution in [0.3, 0.4) is 0 Å². The van der Waals surface area contributed by atoms with Crippen molar-refractivity contribution in [2.24, 2.45) is 0 Å². The van der Waals surface area contributed by atoms with Gasteiger partial charge in [-0.3, -0.25) is 4.72 Å². The summed E-state index contributed by atoms with van der Waals surface area (Å²) in [6.45, 7) is 5.00. The van der Waals surface area contributed by atoms with Crippen molar-refractivity contribution in [1.29, 1.82) is 5.26 Å². The van der Waals surface area contributed by atoms with Crippen LogP contribution < -0.4 is 9.46 Å². The molecule has 0 amide bonds. The standard InChI is InChI=1S/C21H19N3O2.C5H14N2S/c1-13(2)25-19-10-9-15(11-16(19)12-22)21-23-20(24-26-21)18-8-4-6-14-5-3-7-17(14)18;1-6-8-5-4-7(2)3/h4,6,8-11,13H,3,5,7H2,1-2H3;6H,4-5H2,1-3H3. The Kier molecular flexibility index (Phi) is 9.52. The Balaban J connectivity index is 0.000000350. The second kappa shape index (κ2) is 12.6. The van der Waals surface area contributed by atoms with Gasteiger partial charge in [0.1, 0.15) is 11.8 Å². The molecule has 1 aliphatic carbocycles. The lowest BCUT2D eigenvalue weighted by Crippen LogP contribution is -2.16. The molecule has 1 heterocycles. The van der Waals surface area contributed by atoms with E-state index >= 15 is 0 Å². The number of ether oxygens (including phenoxy) is 1. The van der Waals surface area contributed by atoms with E-state index < -0.39 is 0 Å². The highest BCUT2D eigenvalue weighted by molar-refractivity contribution is 7.97. The van der Waals surface area contributed by atoms with Crippen molar-refractivity contribution in [2.75, 3.05) is 33.4 Å². The van der Waals surface area contributed by atoms with Crippen LogP contribution in [0.4, 0.5) is 0 Å². The third kappa shape index (κ3) is 6.83. The number of benzene rings is 2. The predicted molar refractivity (Wildman–Crippen MR) is 138 cm³/mol. The van der Waals surface area contributed by atoms with E-state index in [4.69, 9.17) is 9.26 Å². The number of rotatable bonds is 8. The molecule has 0 bridgehead atoms. The minimum absolute atomic E-state index is 0.00290. The van der Waals surface area contributed by atoms with Crippen LogP contribution >= 0.6 is 11.9 Å². The molecule has 0 fully saturated rings. The van der Waals surface area contributed by atoms with E-state index in [-0.39, 0.29) is 6.10 Å². The zero-order chi connectivity index (χ0) is 24.5. The number of nitrogens with one attached hydrogen (secondary N) is 1. The van der Waals surface area contributed by atoms with Crippen LogP contribution in [0.5, 0.6) is 5.75 Å². The van der Waals surface area contributed by atoms with Crippen LogP contribution in [-0.2, 0) is 12.8 Å². The van der Waals surface area contributed by atoms with Crippen LogP contribution in [0.15, 0.2) is 40.9 Å². The van der Waals surface area contributed by atoms with Crippen molar-refractivity contribution in [3.05, 3.63) is 53.1 Å². The van der Waals surface area contributed by atoms with Crippen molar-refractivity contribution >= 4 is 11.9 Å². The minimum Gasteiger partial charge on any atom is -0.490 e. The number of hydrogen-bond acceptors (Lipinski definition) is 8. The predicted octanol–water partition coefficient (Wildman–Crippen LogP) is 4.97. The zero-order valence-corrected chi connectivity index (χ0v) is 21.4. The van der Waals surface area contributed by atoms with E-state index in [0.29, 0.717) is 28.6 Å². The van der Waals surface area contributed by atoms with Gasteiger partial charge in [-0.05, 0) is 83.6 Å². The topological polar surface area (TPSA) is 87.2 Å². The number of aromatic nitrogens is 2. The van der Waals surface area contributed by atoms with Crippen molar-refractivity contribution in [1.82, 2.24) is 19.8 Å². The fourth-order valence-corrected chi connectivity index (χ4v) is 4.38. The van der Waals surface area contributed by atoms with Crippen LogP contribution in [0, 0.1) is 11.3 Å². The summed E-state index contributed by atoms with van der Waals surface area (Å²) in [6, 6.07) is 13.8. The van der Waals surface area contributed by atoms with Gasteiger partial charge in [-0.15, -0.1) is 0 Å². The monoisotopic (exact) mass is 479 g/mol. The summed E-state index contributed by atoms with van der Waals surface area (Å²) < 4.78 is 14.1. The Labute approximate surface area is 206 Å². The average Bonchev–Trinajstić information content (AvgIpc) is 3.49. The van der Waals surface area contributed by atoms with Crippen LogP contribution in [0.1, 0.15) is 37.0 Å². The molecular weight excluding hydrogens is 446 g/mol. The normalized spacial score (nSPS) is 12.3. The number of aryl methyl sites for hydroxylation is 1. The van der Waals surface area contributed by atoms with Crippen molar-refractivity contribution < 1.29 is 9.26 Å². The number of nitriles is 1. The number of nitrogens with zero attached hydrogens (tertiary/aromatic N) is 4. The van der Waals surface area contributed by atoms with Gasteiger partial charge in [-0.2, -0.15) is 10.2 Å². The van der Waals surface area contributed by atoms with Crippen molar-refractivity contribution in [2.45, 2.75) is 39.2 Å². The molecule has 1 aromatic heterocycles. The molecule has 0 spiro atoms. The summed E-state index contributed by atoms with van der Waals surface area (Å²) >= 11 is 1.74. The first-order valence-corrected chi connectivity index (χ1v) is 12.5. The van der Waals surface area contributed by atoms with Gasteiger partial charge in [0, 0.05) is 23.4 Å². The summed E-state index contributed by atoms with van der Waals surface area (Å²) in [5.74, 6) is 2.72. The van der Waals surface area contributed by atoms with Gasteiger partial charge in [-0.1, -0.05) is 35.3 Å². The summed E-state index contributed by atoms with van der Waals surface area (Å²) in [6.07, 6.45) is 3.33. The van der Waals surface area contributed by atoms with Gasteiger partial charge < -0.3 is 14.2 Å². The quantitative estimate of drug-likeness (QED) is 0.358. The summed E-state index contributed by atoms with van der Waals surface area (Å²) in [7, 11) is 6.10. The summed E-state index contributed by atoms with van der Waals surface area (Å²) in [4.78, 5) is 6.74. The molecule has 0 saturated heterocycles. The first-order chi connectivity index (χ1) is 16.4. The van der Waals surface area contributed by atoms with Crippen LogP contribution in [0.2, 0.25) is 0 Å². The molecule has 0 atom stereocenters. The average molecular weight is 480 g/mol. The Morgan fingerprint density at radius 3 is 2.76 bits per heavy atom. The van der Waals surface area contributed by atoms with Gasteiger partial charge >= 0.3 is 0 Å². The molecule has 0 radical (unpaired) electrons. The molecule has 8 heteroatoms. The first kappa shape index (κ1) is 25.8. The Bertz CT molecular complexity index is 1120. The van der Waals surface area contributed by atoms with E-state index in [9.17, 15) is 5.26 Å². The van der Waals surface area contributed by atoms with Gasteiger partial charge in [0.2, 0.25) is 5.82 Å². The summed E-state index contributed by atoms with van der Waals surface area (Å²) in [5.41, 5.74) is 4.89. The molecule has 7 nitrogen and oxygen atoms in total. The lowest BCUT2D eigenvalue weighted by Gasteiger charge is -2.11. The van der Waals surface area contributed by atoms with E-state index in [1.807, 2.05) is 39.1 Å². The molecule has 180 valence electrons.